The number of benzene rings is 2. The number of imidazole rings is 1. The van der Waals surface area contributed by atoms with Gasteiger partial charge in [0.15, 0.2) is 5.16 Å². The minimum absolute atomic E-state index is 0.0596. The molecule has 0 saturated heterocycles. The number of carbonyl (C=O) groups excluding carboxylic acids is 2. The highest BCUT2D eigenvalue weighted by Gasteiger charge is 2.24. The molecule has 0 spiro atoms. The summed E-state index contributed by atoms with van der Waals surface area (Å²) in [6.45, 7) is 0.0596. The average Bonchev–Trinajstić information content (AvgIpc) is 3.48. The van der Waals surface area contributed by atoms with Gasteiger partial charge in [-0.1, -0.05) is 65.8 Å². The van der Waals surface area contributed by atoms with Gasteiger partial charge in [-0.25, -0.2) is 4.98 Å². The summed E-state index contributed by atoms with van der Waals surface area (Å²) in [4.78, 5) is 30.6. The highest BCUT2D eigenvalue weighted by atomic mass is 35.5. The Labute approximate surface area is 190 Å². The second-order valence-corrected chi connectivity index (χ2v) is 8.81. The normalized spacial score (nSPS) is 13.1. The summed E-state index contributed by atoms with van der Waals surface area (Å²) in [7, 11) is 1.64. The van der Waals surface area contributed by atoms with E-state index in [1.165, 1.54) is 16.7 Å². The number of carbonyl (C=O) groups is 2. The number of nitrogens with zero attached hydrogens (tertiary/aromatic N) is 3. The summed E-state index contributed by atoms with van der Waals surface area (Å²) in [5.74, 6) is -0.0821. The van der Waals surface area contributed by atoms with Crippen LogP contribution in [0.3, 0.4) is 0 Å². The summed E-state index contributed by atoms with van der Waals surface area (Å²) < 4.78 is 1.97. The average molecular weight is 455 g/mol. The smallest absolute Gasteiger partial charge is 0.239 e. The molecule has 2 aromatic carbocycles. The first-order valence-corrected chi connectivity index (χ1v) is 11.4. The van der Waals surface area contributed by atoms with E-state index in [4.69, 9.17) is 11.6 Å². The molecule has 0 unspecified atom stereocenters. The second kappa shape index (κ2) is 9.58. The molecule has 31 heavy (non-hydrogen) atoms. The third-order valence-electron chi connectivity index (χ3n) is 4.97. The van der Waals surface area contributed by atoms with E-state index in [0.717, 1.165) is 29.8 Å². The van der Waals surface area contributed by atoms with Gasteiger partial charge in [0, 0.05) is 18.7 Å². The van der Waals surface area contributed by atoms with Gasteiger partial charge < -0.3 is 10.2 Å². The van der Waals surface area contributed by atoms with Crippen LogP contribution in [-0.2, 0) is 9.59 Å². The molecule has 8 heteroatoms. The van der Waals surface area contributed by atoms with Crippen LogP contribution >= 0.6 is 23.4 Å². The molecule has 1 aromatic heterocycles. The highest BCUT2D eigenvalue weighted by Crippen LogP contribution is 2.32. The van der Waals surface area contributed by atoms with Gasteiger partial charge in [-0.15, -0.1) is 0 Å². The van der Waals surface area contributed by atoms with Crippen molar-refractivity contribution in [1.82, 2.24) is 19.8 Å². The van der Waals surface area contributed by atoms with Crippen molar-refractivity contribution in [3.05, 3.63) is 65.8 Å². The first kappa shape index (κ1) is 21.5. The number of halogens is 1. The molecule has 0 aliphatic heterocycles. The lowest BCUT2D eigenvalue weighted by atomic mass is 10.1. The van der Waals surface area contributed by atoms with E-state index in [9.17, 15) is 9.59 Å². The van der Waals surface area contributed by atoms with Crippen molar-refractivity contribution in [3.63, 3.8) is 0 Å². The number of aromatic nitrogens is 2. The fourth-order valence-corrected chi connectivity index (χ4v) is 4.30. The van der Waals surface area contributed by atoms with Crippen molar-refractivity contribution in [2.24, 2.45) is 0 Å². The molecule has 0 atom stereocenters. The SMILES string of the molecule is CN(CC(=O)NC1CC1)C(=O)CSc1ncc(-c2ccccc2)n1-c1ccccc1Cl. The lowest BCUT2D eigenvalue weighted by molar-refractivity contribution is -0.132. The summed E-state index contributed by atoms with van der Waals surface area (Å²) in [6.07, 6.45) is 3.83. The van der Waals surface area contributed by atoms with E-state index in [1.54, 1.807) is 13.2 Å². The number of hydrogen-bond acceptors (Lipinski definition) is 4. The summed E-state index contributed by atoms with van der Waals surface area (Å²) in [5, 5.41) is 4.16. The molecule has 3 aromatic rings. The second-order valence-electron chi connectivity index (χ2n) is 7.46. The zero-order valence-corrected chi connectivity index (χ0v) is 18.7. The summed E-state index contributed by atoms with van der Waals surface area (Å²) in [5.41, 5.74) is 2.69. The number of amides is 2. The number of rotatable bonds is 8. The van der Waals surface area contributed by atoms with Gasteiger partial charge in [0.2, 0.25) is 11.8 Å². The monoisotopic (exact) mass is 454 g/mol. The van der Waals surface area contributed by atoms with Gasteiger partial charge in [-0.05, 0) is 25.0 Å². The summed E-state index contributed by atoms with van der Waals surface area (Å²) in [6, 6.07) is 17.8. The first-order valence-electron chi connectivity index (χ1n) is 10.1. The first-order chi connectivity index (χ1) is 15.0. The Hall–Kier alpha value is -2.77. The largest absolute Gasteiger partial charge is 0.352 e. The quantitative estimate of drug-likeness (QED) is 0.522. The lowest BCUT2D eigenvalue weighted by Crippen LogP contribution is -2.39. The highest BCUT2D eigenvalue weighted by molar-refractivity contribution is 7.99. The molecule has 0 bridgehead atoms. The molecule has 1 aliphatic carbocycles. The van der Waals surface area contributed by atoms with Crippen LogP contribution < -0.4 is 5.32 Å². The van der Waals surface area contributed by atoms with Gasteiger partial charge >= 0.3 is 0 Å². The van der Waals surface area contributed by atoms with Crippen LogP contribution in [0.5, 0.6) is 0 Å². The number of nitrogens with one attached hydrogen (secondary N) is 1. The van der Waals surface area contributed by atoms with Gasteiger partial charge in [-0.2, -0.15) is 0 Å². The Balaban J connectivity index is 1.53. The fourth-order valence-electron chi connectivity index (χ4n) is 3.16. The number of thioether (sulfide) groups is 1. The summed E-state index contributed by atoms with van der Waals surface area (Å²) >= 11 is 7.81. The van der Waals surface area contributed by atoms with E-state index in [0.29, 0.717) is 10.2 Å². The predicted molar refractivity (Wildman–Crippen MR) is 124 cm³/mol. The van der Waals surface area contributed by atoms with Crippen molar-refractivity contribution in [2.45, 2.75) is 24.0 Å². The van der Waals surface area contributed by atoms with Crippen molar-refractivity contribution in [3.8, 4) is 16.9 Å². The third-order valence-corrected chi connectivity index (χ3v) is 6.22. The Kier molecular flexibility index (Phi) is 6.63. The van der Waals surface area contributed by atoms with Crippen LogP contribution in [0.2, 0.25) is 5.02 Å². The number of hydrogen-bond donors (Lipinski definition) is 1. The van der Waals surface area contributed by atoms with Gasteiger partial charge in [0.25, 0.3) is 0 Å². The molecule has 4 rings (SSSR count). The maximum Gasteiger partial charge on any atom is 0.239 e. The van der Waals surface area contributed by atoms with Crippen LogP contribution in [-0.4, -0.2) is 51.7 Å². The van der Waals surface area contributed by atoms with Crippen LogP contribution in [0.15, 0.2) is 66.0 Å². The molecule has 6 nitrogen and oxygen atoms in total. The molecular weight excluding hydrogens is 432 g/mol. The van der Waals surface area contributed by atoms with Gasteiger partial charge in [0.1, 0.15) is 0 Å². The molecule has 2 amide bonds. The minimum atomic E-state index is -0.133. The van der Waals surface area contributed by atoms with Gasteiger partial charge in [-0.3, -0.25) is 14.2 Å². The van der Waals surface area contributed by atoms with Crippen molar-refractivity contribution in [2.75, 3.05) is 19.3 Å². The van der Waals surface area contributed by atoms with Crippen LogP contribution in [0.25, 0.3) is 16.9 Å². The molecule has 1 N–H and O–H groups in total. The maximum atomic E-state index is 12.6. The Morgan fingerprint density at radius 1 is 1.16 bits per heavy atom. The van der Waals surface area contributed by atoms with Crippen molar-refractivity contribution in [1.29, 1.82) is 0 Å². The zero-order valence-electron chi connectivity index (χ0n) is 17.1. The molecule has 1 aliphatic rings. The van der Waals surface area contributed by atoms with E-state index in [1.807, 2.05) is 59.2 Å². The molecular formula is C23H23ClN4O2S. The molecule has 0 radical (unpaired) electrons. The number of likely N-dealkylation sites (N-methyl/N-ethyl adjacent to an activating group) is 1. The zero-order chi connectivity index (χ0) is 21.8. The van der Waals surface area contributed by atoms with Gasteiger partial charge in [0.05, 0.1) is 34.9 Å². The maximum absolute atomic E-state index is 12.6. The Morgan fingerprint density at radius 3 is 2.58 bits per heavy atom. The molecule has 1 fully saturated rings. The fraction of sp³-hybridized carbons (Fsp3) is 0.261. The number of para-hydroxylation sites is 1. The van der Waals surface area contributed by atoms with E-state index in [2.05, 4.69) is 10.3 Å². The van der Waals surface area contributed by atoms with Crippen LogP contribution in [0.1, 0.15) is 12.8 Å². The Morgan fingerprint density at radius 2 is 1.87 bits per heavy atom. The molecule has 1 heterocycles. The van der Waals surface area contributed by atoms with Crippen molar-refractivity contribution >= 4 is 35.2 Å². The lowest BCUT2D eigenvalue weighted by Gasteiger charge is -2.17. The van der Waals surface area contributed by atoms with E-state index >= 15 is 0 Å². The van der Waals surface area contributed by atoms with Crippen LogP contribution in [0, 0.1) is 0 Å². The topological polar surface area (TPSA) is 67.2 Å². The van der Waals surface area contributed by atoms with Crippen LogP contribution in [0.4, 0.5) is 0 Å². The molecule has 160 valence electrons. The van der Waals surface area contributed by atoms with Crippen molar-refractivity contribution < 1.29 is 9.59 Å². The van der Waals surface area contributed by atoms with E-state index < -0.39 is 0 Å². The minimum Gasteiger partial charge on any atom is -0.352 e. The third kappa shape index (κ3) is 5.29. The van der Waals surface area contributed by atoms with E-state index in [-0.39, 0.29) is 30.2 Å². The molecule has 1 saturated carbocycles. The Bertz CT molecular complexity index is 1080. The predicted octanol–water partition coefficient (Wildman–Crippen LogP) is 4.02. The standard InChI is InChI=1S/C23H23ClN4O2S/c1-27(14-21(29)26-17-11-12-17)22(30)15-31-23-25-13-20(16-7-3-2-4-8-16)28(23)19-10-6-5-9-18(19)24/h2-10,13,17H,11-12,14-15H2,1H3,(H,26,29).